The highest BCUT2D eigenvalue weighted by molar-refractivity contribution is 6.70. The molecule has 0 saturated carbocycles. The zero-order valence-electron chi connectivity index (χ0n) is 20.3. The lowest BCUT2D eigenvalue weighted by Gasteiger charge is -2.65. The van der Waals surface area contributed by atoms with Crippen molar-refractivity contribution in [2.24, 2.45) is 0 Å². The van der Waals surface area contributed by atoms with E-state index in [2.05, 4.69) is 69.4 Å². The van der Waals surface area contributed by atoms with E-state index in [-0.39, 0.29) is 17.1 Å². The van der Waals surface area contributed by atoms with Gasteiger partial charge in [-0.05, 0) is 89.8 Å². The number of hydrogen-bond acceptors (Lipinski definition) is 5. The predicted octanol–water partition coefficient (Wildman–Crippen LogP) is 4.68. The predicted molar refractivity (Wildman–Crippen MR) is 128 cm³/mol. The van der Waals surface area contributed by atoms with E-state index >= 15 is 0 Å². The van der Waals surface area contributed by atoms with E-state index in [1.165, 1.54) is 11.1 Å². The molecule has 0 N–H and O–H groups in total. The Hall–Kier alpha value is -1.29. The summed E-state index contributed by atoms with van der Waals surface area (Å²) in [7, 11) is 0.352. The number of hydrogen-bond donors (Lipinski definition) is 0. The summed E-state index contributed by atoms with van der Waals surface area (Å²) in [6.07, 6.45) is 5.03. The maximum atomic E-state index is 7.30. The van der Waals surface area contributed by atoms with E-state index in [0.717, 1.165) is 43.1 Å². The number of likely N-dealkylation sites (tertiary alicyclic amines) is 1. The first-order chi connectivity index (χ1) is 14.4. The summed E-state index contributed by atoms with van der Waals surface area (Å²) in [5.41, 5.74) is 2.20. The largest absolute Gasteiger partial charge is 0.545 e. The smallest absolute Gasteiger partial charge is 0.241 e. The minimum atomic E-state index is -1.86. The van der Waals surface area contributed by atoms with Crippen molar-refractivity contribution in [3.8, 4) is 11.5 Å². The summed E-state index contributed by atoms with van der Waals surface area (Å²) >= 11 is 0. The Morgan fingerprint density at radius 2 is 1.84 bits per heavy atom. The molecule has 1 saturated heterocycles. The Labute approximate surface area is 189 Å². The zero-order chi connectivity index (χ0) is 22.4. The van der Waals surface area contributed by atoms with Gasteiger partial charge in [0.25, 0.3) is 0 Å². The maximum Gasteiger partial charge on any atom is 0.241 e. The average Bonchev–Trinajstić information content (AvgIpc) is 3.00. The molecule has 4 atom stereocenters. The number of ether oxygens (including phenoxy) is 2. The van der Waals surface area contributed by atoms with Gasteiger partial charge in [-0.25, -0.2) is 0 Å². The van der Waals surface area contributed by atoms with E-state index in [1.54, 1.807) is 7.11 Å². The van der Waals surface area contributed by atoms with Crippen molar-refractivity contribution in [2.75, 3.05) is 20.7 Å². The molecule has 1 aromatic carbocycles. The Morgan fingerprint density at radius 3 is 2.48 bits per heavy atom. The van der Waals surface area contributed by atoms with Crippen LogP contribution in [0.25, 0.3) is 0 Å². The fourth-order valence-corrected chi connectivity index (χ4v) is 9.05. The first kappa shape index (κ1) is 21.6. The van der Waals surface area contributed by atoms with Crippen molar-refractivity contribution in [3.63, 3.8) is 0 Å². The van der Waals surface area contributed by atoms with Gasteiger partial charge in [0.1, 0.15) is 5.76 Å². The molecular formula is C24H37NO4Si2. The third kappa shape index (κ3) is 2.92. The van der Waals surface area contributed by atoms with Crippen LogP contribution in [0.15, 0.2) is 24.0 Å². The number of piperidine rings is 1. The molecule has 2 aliphatic carbocycles. The number of rotatable bonds is 5. The zero-order valence-corrected chi connectivity index (χ0v) is 22.3. The van der Waals surface area contributed by atoms with Crippen molar-refractivity contribution in [1.82, 2.24) is 4.90 Å². The SMILES string of the molecule is COc1ccc2c3c1OC1C(O[Si](C)(C)C)=CCC4(O[Si](C)(C)C)[C@@H](C2)N(C)CC[C@]314. The summed E-state index contributed by atoms with van der Waals surface area (Å²) in [6.45, 7) is 14.7. The third-order valence-corrected chi connectivity index (χ3v) is 9.26. The van der Waals surface area contributed by atoms with Crippen LogP contribution >= 0.6 is 0 Å². The lowest BCUT2D eigenvalue weighted by Crippen LogP contribution is -2.77. The molecule has 7 heteroatoms. The van der Waals surface area contributed by atoms with Gasteiger partial charge in [-0.2, -0.15) is 0 Å². The van der Waals surface area contributed by atoms with Crippen molar-refractivity contribution in [3.05, 3.63) is 35.1 Å². The normalized spacial score (nSPS) is 34.0. The van der Waals surface area contributed by atoms with Crippen LogP contribution in [0.3, 0.4) is 0 Å². The summed E-state index contributed by atoms with van der Waals surface area (Å²) in [4.78, 5) is 2.53. The van der Waals surface area contributed by atoms with Crippen LogP contribution in [0.4, 0.5) is 0 Å². The topological polar surface area (TPSA) is 40.2 Å². The van der Waals surface area contributed by atoms with Crippen LogP contribution < -0.4 is 9.47 Å². The number of methoxy groups -OCH3 is 1. The molecule has 4 aliphatic rings. The van der Waals surface area contributed by atoms with Crippen LogP contribution in [0.1, 0.15) is 24.0 Å². The lowest BCUT2D eigenvalue weighted by molar-refractivity contribution is -0.151. The Balaban J connectivity index is 1.80. The highest BCUT2D eigenvalue weighted by Crippen LogP contribution is 2.67. The summed E-state index contributed by atoms with van der Waals surface area (Å²) in [5, 5.41) is 0. The van der Waals surface area contributed by atoms with E-state index in [4.69, 9.17) is 18.3 Å². The van der Waals surface area contributed by atoms with Gasteiger partial charge in [-0.1, -0.05) is 6.07 Å². The molecule has 31 heavy (non-hydrogen) atoms. The van der Waals surface area contributed by atoms with Crippen molar-refractivity contribution in [2.45, 2.75) is 81.7 Å². The second kappa shape index (κ2) is 6.62. The standard InChI is InChI=1S/C24H37NO4Si2/c1-25-14-13-23-20-16-9-10-17(26-2)21(20)27-22(23)18(28-30(3,4)5)11-12-24(23,19(25)15-16)29-31(6,7)8/h9-11,19,22H,12-15H2,1-8H3/t19-,22?,23+,24?/m1/s1. The summed E-state index contributed by atoms with van der Waals surface area (Å²) in [5.74, 6) is 2.76. The first-order valence-corrected chi connectivity index (χ1v) is 18.4. The van der Waals surface area contributed by atoms with E-state index in [1.807, 2.05) is 0 Å². The molecule has 2 unspecified atom stereocenters. The van der Waals surface area contributed by atoms with Crippen molar-refractivity contribution < 1.29 is 18.3 Å². The molecule has 0 radical (unpaired) electrons. The fraction of sp³-hybridized carbons (Fsp3) is 0.667. The Bertz CT molecular complexity index is 950. The molecule has 1 fully saturated rings. The van der Waals surface area contributed by atoms with Crippen LogP contribution in [0.5, 0.6) is 11.5 Å². The van der Waals surface area contributed by atoms with Gasteiger partial charge in [0.15, 0.2) is 25.9 Å². The molecule has 1 spiro atoms. The first-order valence-electron chi connectivity index (χ1n) is 11.6. The fourth-order valence-electron chi connectivity index (χ4n) is 6.66. The maximum absolute atomic E-state index is 7.30. The third-order valence-electron chi connectivity index (χ3n) is 7.43. The van der Waals surface area contributed by atoms with Gasteiger partial charge in [0, 0.05) is 11.6 Å². The molecule has 2 heterocycles. The van der Waals surface area contributed by atoms with E-state index in [0.29, 0.717) is 6.04 Å². The summed E-state index contributed by atoms with van der Waals surface area (Å²) in [6, 6.07) is 4.66. The van der Waals surface area contributed by atoms with E-state index < -0.39 is 16.6 Å². The highest BCUT2D eigenvalue weighted by atomic mass is 28.4. The molecule has 1 aromatic rings. The van der Waals surface area contributed by atoms with Crippen LogP contribution in [0.2, 0.25) is 39.3 Å². The van der Waals surface area contributed by atoms with Gasteiger partial charge in [-0.15, -0.1) is 0 Å². The second-order valence-electron chi connectivity index (χ2n) is 11.7. The lowest BCUT2D eigenvalue weighted by atomic mass is 9.50. The average molecular weight is 460 g/mol. The minimum absolute atomic E-state index is 0.147. The van der Waals surface area contributed by atoms with Crippen LogP contribution in [0, 0.1) is 0 Å². The molecule has 2 bridgehead atoms. The molecule has 170 valence electrons. The van der Waals surface area contributed by atoms with Gasteiger partial charge in [0.2, 0.25) is 8.32 Å². The van der Waals surface area contributed by atoms with Gasteiger partial charge in [0.05, 0.1) is 18.1 Å². The van der Waals surface area contributed by atoms with E-state index in [9.17, 15) is 0 Å². The Morgan fingerprint density at radius 1 is 1.10 bits per heavy atom. The molecular weight excluding hydrogens is 422 g/mol. The van der Waals surface area contributed by atoms with Crippen LogP contribution in [-0.4, -0.2) is 60.0 Å². The molecule has 2 aliphatic heterocycles. The molecule has 5 rings (SSSR count). The highest BCUT2D eigenvalue weighted by Gasteiger charge is 2.73. The van der Waals surface area contributed by atoms with Gasteiger partial charge >= 0.3 is 0 Å². The quantitative estimate of drug-likeness (QED) is 0.598. The molecule has 0 amide bonds. The van der Waals surface area contributed by atoms with Crippen molar-refractivity contribution >= 4 is 16.6 Å². The number of likely N-dealkylation sites (N-methyl/N-ethyl adjacent to an activating group) is 1. The minimum Gasteiger partial charge on any atom is -0.545 e. The summed E-state index contributed by atoms with van der Waals surface area (Å²) < 4.78 is 26.6. The monoisotopic (exact) mass is 459 g/mol. The Kier molecular flexibility index (Phi) is 4.60. The number of benzene rings is 1. The number of nitrogens with zero attached hydrogens (tertiary/aromatic N) is 1. The van der Waals surface area contributed by atoms with Gasteiger partial charge < -0.3 is 23.2 Å². The second-order valence-corrected chi connectivity index (χ2v) is 20.5. The van der Waals surface area contributed by atoms with Crippen LogP contribution in [-0.2, 0) is 20.7 Å². The van der Waals surface area contributed by atoms with Crippen molar-refractivity contribution in [1.29, 1.82) is 0 Å². The molecule has 0 aromatic heterocycles. The van der Waals surface area contributed by atoms with Gasteiger partial charge in [-0.3, -0.25) is 0 Å². The molecule has 5 nitrogen and oxygen atoms in total.